The van der Waals surface area contributed by atoms with Crippen molar-refractivity contribution in [2.24, 2.45) is 0 Å². The Labute approximate surface area is 386 Å². The number of hydrogen-bond acceptors (Lipinski definition) is 21. The SMILES string of the molecule is O=C1c2c(O)cc(O)cc2OC(c2ccc(O)cc2O)C1O.O=C1c2c(O)cc(O)cc2OC(c2ccc(O)cc2O)C1O.O=C1c2c(O)cc(O)cc2OC(c2ccc(O)cc2O)C1O.[Al]. The summed E-state index contributed by atoms with van der Waals surface area (Å²) in [5, 5.41) is 145. The number of phenolic OH excluding ortho intramolecular Hbond substituents is 12. The van der Waals surface area contributed by atoms with Gasteiger partial charge in [0, 0.05) is 88.6 Å². The van der Waals surface area contributed by atoms with Crippen molar-refractivity contribution in [2.45, 2.75) is 36.6 Å². The maximum Gasteiger partial charge on any atom is 0.202 e. The van der Waals surface area contributed by atoms with E-state index < -0.39 is 71.2 Å². The number of fused-ring (bicyclic) bond motifs is 3. The largest absolute Gasteiger partial charge is 0.508 e. The van der Waals surface area contributed by atoms with Crippen molar-refractivity contribution >= 4 is 34.7 Å². The van der Waals surface area contributed by atoms with Crippen molar-refractivity contribution in [3.8, 4) is 86.2 Å². The van der Waals surface area contributed by atoms with Gasteiger partial charge < -0.3 is 90.8 Å². The molecule has 3 heterocycles. The number of Topliss-reactive ketones (excluding diaryl/α,β-unsaturated/α-hetero) is 3. The van der Waals surface area contributed by atoms with Crippen molar-refractivity contribution < 1.29 is 105 Å². The minimum absolute atomic E-state index is 0. The van der Waals surface area contributed by atoms with Crippen molar-refractivity contribution in [2.75, 3.05) is 0 Å². The highest BCUT2D eigenvalue weighted by Crippen LogP contribution is 2.47. The topological polar surface area (TPSA) is 382 Å². The second kappa shape index (κ2) is 18.7. The maximum absolute atomic E-state index is 12.2. The van der Waals surface area contributed by atoms with Gasteiger partial charge in [0.1, 0.15) is 103 Å². The fourth-order valence-corrected chi connectivity index (χ4v) is 7.26. The van der Waals surface area contributed by atoms with E-state index in [1.54, 1.807) is 0 Å². The summed E-state index contributed by atoms with van der Waals surface area (Å²) in [6.45, 7) is 0. The van der Waals surface area contributed by atoms with E-state index in [-0.39, 0.29) is 120 Å². The summed E-state index contributed by atoms with van der Waals surface area (Å²) in [4.78, 5) is 36.6. The Morgan fingerprint density at radius 1 is 0.313 bits per heavy atom. The molecule has 3 aliphatic rings. The van der Waals surface area contributed by atoms with E-state index in [4.69, 9.17) is 14.2 Å². The summed E-state index contributed by atoms with van der Waals surface area (Å²) in [5.41, 5.74) is -0.439. The molecule has 0 fully saturated rings. The van der Waals surface area contributed by atoms with E-state index in [0.717, 1.165) is 54.6 Å². The number of rotatable bonds is 3. The molecule has 15 N–H and O–H groups in total. The number of aliphatic hydroxyl groups excluding tert-OH is 3. The van der Waals surface area contributed by atoms with Gasteiger partial charge in [-0.15, -0.1) is 0 Å². The lowest BCUT2D eigenvalue weighted by Crippen LogP contribution is -2.36. The summed E-state index contributed by atoms with van der Waals surface area (Å²) in [6, 6.07) is 17.1. The summed E-state index contributed by atoms with van der Waals surface area (Å²) in [6.07, 6.45) is -8.67. The van der Waals surface area contributed by atoms with Gasteiger partial charge in [0.2, 0.25) is 17.3 Å². The Morgan fingerprint density at radius 3 is 0.761 bits per heavy atom. The molecule has 22 heteroatoms. The zero-order valence-electron chi connectivity index (χ0n) is 33.9. The van der Waals surface area contributed by atoms with Gasteiger partial charge in [0.05, 0.1) is 0 Å². The molecular formula is C45H36AlO21. The zero-order chi connectivity index (χ0) is 48.0. The summed E-state index contributed by atoms with van der Waals surface area (Å²) < 4.78 is 16.4. The molecule has 6 aromatic carbocycles. The van der Waals surface area contributed by atoms with Gasteiger partial charge in [0.25, 0.3) is 0 Å². The Kier molecular flexibility index (Phi) is 13.4. The average molecular weight is 940 g/mol. The van der Waals surface area contributed by atoms with Gasteiger partial charge in [-0.25, -0.2) is 0 Å². The normalized spacial score (nSPS) is 20.0. The van der Waals surface area contributed by atoms with Crippen molar-refractivity contribution in [1.82, 2.24) is 0 Å². The predicted molar refractivity (Wildman–Crippen MR) is 226 cm³/mol. The second-order valence-corrected chi connectivity index (χ2v) is 14.8. The first-order valence-electron chi connectivity index (χ1n) is 19.0. The van der Waals surface area contributed by atoms with Crippen LogP contribution in [0.1, 0.15) is 66.1 Å². The molecule has 9 rings (SSSR count). The molecule has 6 aromatic rings. The minimum Gasteiger partial charge on any atom is -0.508 e. The molecule has 3 aliphatic heterocycles. The van der Waals surface area contributed by atoms with E-state index in [1.165, 1.54) is 36.4 Å². The highest BCUT2D eigenvalue weighted by atomic mass is 27.0. The fraction of sp³-hybridized carbons (Fsp3) is 0.133. The lowest BCUT2D eigenvalue weighted by atomic mass is 9.92. The van der Waals surface area contributed by atoms with E-state index in [9.17, 15) is 91.0 Å². The molecule has 21 nitrogen and oxygen atoms in total. The number of carbonyl (C=O) groups excluding carboxylic acids is 3. The van der Waals surface area contributed by atoms with Crippen LogP contribution < -0.4 is 14.2 Å². The number of aromatic hydroxyl groups is 12. The van der Waals surface area contributed by atoms with Crippen molar-refractivity contribution in [1.29, 1.82) is 0 Å². The van der Waals surface area contributed by atoms with Crippen LogP contribution in [-0.4, -0.2) is 130 Å². The van der Waals surface area contributed by atoms with Crippen LogP contribution in [0.5, 0.6) is 86.2 Å². The Balaban J connectivity index is 0.000000165. The zero-order valence-corrected chi connectivity index (χ0v) is 35.0. The molecular weight excluding hydrogens is 903 g/mol. The number of aliphatic hydroxyl groups is 3. The monoisotopic (exact) mass is 939 g/mol. The number of benzene rings is 6. The van der Waals surface area contributed by atoms with E-state index in [1.807, 2.05) is 0 Å². The Bertz CT molecular complexity index is 2630. The first-order valence-corrected chi connectivity index (χ1v) is 19.0. The van der Waals surface area contributed by atoms with E-state index in [0.29, 0.717) is 0 Å². The van der Waals surface area contributed by atoms with Gasteiger partial charge in [-0.2, -0.15) is 0 Å². The van der Waals surface area contributed by atoms with Crippen LogP contribution in [0.25, 0.3) is 0 Å². The lowest BCUT2D eigenvalue weighted by Gasteiger charge is -2.30. The Hall–Kier alpha value is -8.26. The van der Waals surface area contributed by atoms with E-state index in [2.05, 4.69) is 0 Å². The van der Waals surface area contributed by atoms with Crippen LogP contribution in [0.4, 0.5) is 0 Å². The summed E-state index contributed by atoms with van der Waals surface area (Å²) >= 11 is 0. The number of carbonyl (C=O) groups is 3. The number of hydrogen-bond donors (Lipinski definition) is 15. The molecule has 0 spiro atoms. The molecule has 3 radical (unpaired) electrons. The standard InChI is InChI=1S/3C15H12O7.Al/c3*16-6-1-2-8(9(18)3-6)15-14(21)13(20)12-10(19)4-7(17)5-11(12)22-15;/h3*1-5,14-19,21H;. The Morgan fingerprint density at radius 2 is 0.537 bits per heavy atom. The molecule has 0 saturated carbocycles. The number of ketones is 3. The van der Waals surface area contributed by atoms with Crippen LogP contribution in [-0.2, 0) is 0 Å². The van der Waals surface area contributed by atoms with Crippen LogP contribution >= 0.6 is 0 Å². The first kappa shape index (κ1) is 48.2. The van der Waals surface area contributed by atoms with Crippen LogP contribution in [0.2, 0.25) is 0 Å². The molecule has 0 aliphatic carbocycles. The molecule has 0 aromatic heterocycles. The van der Waals surface area contributed by atoms with Gasteiger partial charge >= 0.3 is 0 Å². The quantitative estimate of drug-likeness (QED) is 0.113. The smallest absolute Gasteiger partial charge is 0.202 e. The van der Waals surface area contributed by atoms with Gasteiger partial charge in [-0.1, -0.05) is 0 Å². The van der Waals surface area contributed by atoms with Crippen LogP contribution in [0.3, 0.4) is 0 Å². The second-order valence-electron chi connectivity index (χ2n) is 14.8. The molecule has 345 valence electrons. The number of ether oxygens (including phenoxy) is 3. The van der Waals surface area contributed by atoms with Gasteiger partial charge in [-0.3, -0.25) is 14.4 Å². The summed E-state index contributed by atoms with van der Waals surface area (Å²) in [7, 11) is 0. The molecule has 0 saturated heterocycles. The third kappa shape index (κ3) is 9.32. The predicted octanol–water partition coefficient (Wildman–Crippen LogP) is 3.18. The molecule has 67 heavy (non-hydrogen) atoms. The van der Waals surface area contributed by atoms with Crippen molar-refractivity contribution in [3.63, 3.8) is 0 Å². The fourth-order valence-electron chi connectivity index (χ4n) is 7.26. The molecule has 6 unspecified atom stereocenters. The molecule has 0 amide bonds. The lowest BCUT2D eigenvalue weighted by molar-refractivity contribution is 0.0200. The average Bonchev–Trinajstić information content (AvgIpc) is 3.22. The van der Waals surface area contributed by atoms with Crippen LogP contribution in [0.15, 0.2) is 91.0 Å². The molecule has 0 bridgehead atoms. The van der Waals surface area contributed by atoms with Gasteiger partial charge in [0.15, 0.2) is 36.6 Å². The van der Waals surface area contributed by atoms with Crippen LogP contribution in [0, 0.1) is 0 Å². The molecule has 6 atom stereocenters. The van der Waals surface area contributed by atoms with Gasteiger partial charge in [-0.05, 0) is 36.4 Å². The third-order valence-electron chi connectivity index (χ3n) is 10.3. The van der Waals surface area contributed by atoms with E-state index >= 15 is 0 Å². The third-order valence-corrected chi connectivity index (χ3v) is 10.3. The number of phenols is 12. The summed E-state index contributed by atoms with van der Waals surface area (Å²) in [5.74, 6) is -6.79. The highest BCUT2D eigenvalue weighted by molar-refractivity contribution is 6.07. The first-order chi connectivity index (χ1) is 31.1. The minimum atomic E-state index is -1.65. The maximum atomic E-state index is 12.2. The van der Waals surface area contributed by atoms with Crippen molar-refractivity contribution in [3.05, 3.63) is 124 Å². The highest BCUT2D eigenvalue weighted by Gasteiger charge is 2.43.